The van der Waals surface area contributed by atoms with Crippen molar-refractivity contribution in [3.63, 3.8) is 0 Å². The minimum atomic E-state index is -0.0945. The smallest absolute Gasteiger partial charge is 0.225 e. The highest BCUT2D eigenvalue weighted by molar-refractivity contribution is 5.96. The molecule has 0 saturated carbocycles. The zero-order valence-electron chi connectivity index (χ0n) is 15.9. The van der Waals surface area contributed by atoms with Gasteiger partial charge in [-0.25, -0.2) is 4.98 Å². The maximum atomic E-state index is 12.1. The van der Waals surface area contributed by atoms with Gasteiger partial charge in [0.1, 0.15) is 5.65 Å². The molecule has 28 heavy (non-hydrogen) atoms. The Kier molecular flexibility index (Phi) is 4.83. The number of hydrogen-bond donors (Lipinski definition) is 3. The summed E-state index contributed by atoms with van der Waals surface area (Å²) in [5.41, 5.74) is 5.12. The second kappa shape index (κ2) is 7.44. The zero-order chi connectivity index (χ0) is 19.7. The van der Waals surface area contributed by atoms with E-state index in [1.807, 2.05) is 48.1 Å². The van der Waals surface area contributed by atoms with Crippen molar-refractivity contribution in [2.45, 2.75) is 26.7 Å². The highest BCUT2D eigenvalue weighted by Gasteiger charge is 2.12. The monoisotopic (exact) mass is 377 g/mol. The van der Waals surface area contributed by atoms with Gasteiger partial charge in [0.15, 0.2) is 5.82 Å². The number of nitrogens with one attached hydrogen (secondary N) is 2. The van der Waals surface area contributed by atoms with Crippen LogP contribution in [-0.4, -0.2) is 37.2 Å². The average molecular weight is 377 g/mol. The molecule has 144 valence electrons. The van der Waals surface area contributed by atoms with Gasteiger partial charge < -0.3 is 14.8 Å². The second-order valence-electron chi connectivity index (χ2n) is 7.27. The van der Waals surface area contributed by atoms with E-state index >= 15 is 0 Å². The van der Waals surface area contributed by atoms with Crippen LogP contribution in [0.4, 0.5) is 5.82 Å². The Morgan fingerprint density at radius 1 is 1.29 bits per heavy atom. The number of aliphatic hydroxyl groups is 1. The van der Waals surface area contributed by atoms with Crippen LogP contribution in [0.5, 0.6) is 0 Å². The number of carbonyl (C=O) groups is 1. The lowest BCUT2D eigenvalue weighted by atomic mass is 9.98. The van der Waals surface area contributed by atoms with E-state index in [9.17, 15) is 4.79 Å². The Hall–Kier alpha value is -3.19. The van der Waals surface area contributed by atoms with Crippen molar-refractivity contribution in [1.29, 1.82) is 0 Å². The van der Waals surface area contributed by atoms with Crippen molar-refractivity contribution >= 4 is 28.3 Å². The van der Waals surface area contributed by atoms with Crippen molar-refractivity contribution < 1.29 is 9.90 Å². The first-order chi connectivity index (χ1) is 13.5. The maximum Gasteiger partial charge on any atom is 0.225 e. The summed E-state index contributed by atoms with van der Waals surface area (Å²) in [4.78, 5) is 16.6. The summed E-state index contributed by atoms with van der Waals surface area (Å²) in [7, 11) is 0. The molecule has 1 amide bonds. The molecule has 4 aromatic rings. The number of rotatable bonds is 6. The van der Waals surface area contributed by atoms with Gasteiger partial charge in [-0.2, -0.15) is 5.10 Å². The number of pyridine rings is 1. The van der Waals surface area contributed by atoms with Crippen LogP contribution < -0.4 is 5.32 Å². The standard InChI is InChI=1S/C21H23N5O2/c1-13(12-27)3-8-20(28)24-18-11-26-10-15(5-7-19(26)23-18)21-14(2)4-6-17-16(21)9-22-25-17/h4-7,9-11,13,27H,3,8,12H2,1-2H3,(H,22,25)(H,24,28). The van der Waals surface area contributed by atoms with Crippen LogP contribution >= 0.6 is 0 Å². The Morgan fingerprint density at radius 3 is 2.96 bits per heavy atom. The fourth-order valence-electron chi connectivity index (χ4n) is 3.38. The largest absolute Gasteiger partial charge is 0.396 e. The molecule has 1 atom stereocenters. The van der Waals surface area contributed by atoms with Crippen molar-refractivity contribution in [3.8, 4) is 11.1 Å². The van der Waals surface area contributed by atoms with Gasteiger partial charge in [-0.1, -0.05) is 13.0 Å². The van der Waals surface area contributed by atoms with E-state index in [2.05, 4.69) is 33.5 Å². The lowest BCUT2D eigenvalue weighted by molar-refractivity contribution is -0.116. The van der Waals surface area contributed by atoms with E-state index in [0.717, 1.165) is 27.7 Å². The Labute approximate surface area is 162 Å². The normalized spacial score (nSPS) is 12.5. The molecule has 3 N–H and O–H groups in total. The fraction of sp³-hybridized carbons (Fsp3) is 0.286. The van der Waals surface area contributed by atoms with Crippen LogP contribution in [0.1, 0.15) is 25.3 Å². The SMILES string of the molecule is Cc1ccc2[nH]ncc2c1-c1ccc2nc(NC(=O)CCC(C)CO)cn2c1. The van der Waals surface area contributed by atoms with Crippen LogP contribution in [-0.2, 0) is 4.79 Å². The van der Waals surface area contributed by atoms with Gasteiger partial charge >= 0.3 is 0 Å². The first-order valence-electron chi connectivity index (χ1n) is 9.37. The van der Waals surface area contributed by atoms with Crippen molar-refractivity contribution in [2.24, 2.45) is 5.92 Å². The van der Waals surface area contributed by atoms with E-state index in [1.54, 1.807) is 0 Å². The van der Waals surface area contributed by atoms with E-state index < -0.39 is 0 Å². The molecule has 0 radical (unpaired) electrons. The molecule has 4 rings (SSSR count). The maximum absolute atomic E-state index is 12.1. The van der Waals surface area contributed by atoms with Crippen LogP contribution in [0.2, 0.25) is 0 Å². The molecule has 3 aromatic heterocycles. The first kappa shape index (κ1) is 18.2. The van der Waals surface area contributed by atoms with Crippen molar-refractivity contribution in [3.05, 3.63) is 48.4 Å². The Balaban J connectivity index is 1.61. The number of aliphatic hydroxyl groups excluding tert-OH is 1. The van der Waals surface area contributed by atoms with Gasteiger partial charge in [-0.15, -0.1) is 0 Å². The van der Waals surface area contributed by atoms with Gasteiger partial charge in [0, 0.05) is 24.6 Å². The third-order valence-electron chi connectivity index (χ3n) is 5.02. The highest BCUT2D eigenvalue weighted by Crippen LogP contribution is 2.31. The van der Waals surface area contributed by atoms with Gasteiger partial charge in [0.2, 0.25) is 5.91 Å². The molecule has 1 aromatic carbocycles. The summed E-state index contributed by atoms with van der Waals surface area (Å²) in [6, 6.07) is 8.08. The molecule has 3 heterocycles. The van der Waals surface area contributed by atoms with Gasteiger partial charge in [0.25, 0.3) is 0 Å². The minimum absolute atomic E-state index is 0.0905. The van der Waals surface area contributed by atoms with Gasteiger partial charge in [0.05, 0.1) is 17.9 Å². The third kappa shape index (κ3) is 3.48. The number of amides is 1. The molecule has 0 saturated heterocycles. The number of nitrogens with zero attached hydrogens (tertiary/aromatic N) is 3. The topological polar surface area (TPSA) is 95.3 Å². The number of aryl methyl sites for hydroxylation is 1. The van der Waals surface area contributed by atoms with Gasteiger partial charge in [-0.05, 0) is 54.2 Å². The Morgan fingerprint density at radius 2 is 2.14 bits per heavy atom. The van der Waals surface area contributed by atoms with Crippen LogP contribution in [0, 0.1) is 12.8 Å². The predicted octanol–water partition coefficient (Wildman–Crippen LogP) is 3.53. The Bertz CT molecular complexity index is 1140. The van der Waals surface area contributed by atoms with Crippen LogP contribution in [0.15, 0.2) is 42.9 Å². The van der Waals surface area contributed by atoms with E-state index in [4.69, 9.17) is 5.11 Å². The summed E-state index contributed by atoms with van der Waals surface area (Å²) < 4.78 is 1.92. The fourth-order valence-corrected chi connectivity index (χ4v) is 3.38. The average Bonchev–Trinajstić information content (AvgIpc) is 3.31. The van der Waals surface area contributed by atoms with Crippen molar-refractivity contribution in [1.82, 2.24) is 19.6 Å². The summed E-state index contributed by atoms with van der Waals surface area (Å²) >= 11 is 0. The predicted molar refractivity (Wildman–Crippen MR) is 109 cm³/mol. The number of carbonyl (C=O) groups excluding carboxylic acids is 1. The molecule has 0 aliphatic heterocycles. The zero-order valence-corrected chi connectivity index (χ0v) is 15.9. The van der Waals surface area contributed by atoms with Crippen molar-refractivity contribution in [2.75, 3.05) is 11.9 Å². The van der Waals surface area contributed by atoms with Gasteiger partial charge in [-0.3, -0.25) is 9.89 Å². The molecule has 7 heteroatoms. The van der Waals surface area contributed by atoms with Crippen LogP contribution in [0.3, 0.4) is 0 Å². The highest BCUT2D eigenvalue weighted by atomic mass is 16.3. The number of benzene rings is 1. The number of anilines is 1. The summed E-state index contributed by atoms with van der Waals surface area (Å²) in [5, 5.41) is 20.2. The first-order valence-corrected chi connectivity index (χ1v) is 9.37. The number of hydrogen-bond acceptors (Lipinski definition) is 4. The summed E-state index contributed by atoms with van der Waals surface area (Å²) in [5.74, 6) is 0.545. The molecular formula is C21H23N5O2. The quantitative estimate of drug-likeness (QED) is 0.479. The number of aromatic amines is 1. The number of fused-ring (bicyclic) bond motifs is 2. The second-order valence-corrected chi connectivity index (χ2v) is 7.27. The summed E-state index contributed by atoms with van der Waals surface area (Å²) in [6.07, 6.45) is 6.68. The molecule has 0 spiro atoms. The molecule has 0 aliphatic rings. The van der Waals surface area contributed by atoms with Crippen LogP contribution in [0.25, 0.3) is 27.7 Å². The molecular weight excluding hydrogens is 354 g/mol. The lowest BCUT2D eigenvalue weighted by Crippen LogP contribution is -2.13. The number of H-pyrrole nitrogens is 1. The van der Waals surface area contributed by atoms with E-state index in [-0.39, 0.29) is 18.4 Å². The lowest BCUT2D eigenvalue weighted by Gasteiger charge is -2.08. The molecule has 1 unspecified atom stereocenters. The number of aromatic nitrogens is 4. The van der Waals surface area contributed by atoms with E-state index in [0.29, 0.717) is 18.7 Å². The minimum Gasteiger partial charge on any atom is -0.396 e. The number of imidazole rings is 1. The molecule has 0 bridgehead atoms. The third-order valence-corrected chi connectivity index (χ3v) is 5.02. The molecule has 0 fully saturated rings. The van der Waals surface area contributed by atoms with E-state index in [1.165, 1.54) is 5.56 Å². The molecule has 0 aliphatic carbocycles. The summed E-state index contributed by atoms with van der Waals surface area (Å²) in [6.45, 7) is 4.09. The molecule has 7 nitrogen and oxygen atoms in total.